The van der Waals surface area contributed by atoms with E-state index in [2.05, 4.69) is 35.0 Å². The summed E-state index contributed by atoms with van der Waals surface area (Å²) in [4.78, 5) is 0. The van der Waals surface area contributed by atoms with E-state index in [0.717, 1.165) is 5.33 Å². The molecule has 0 saturated carbocycles. The van der Waals surface area contributed by atoms with Gasteiger partial charge in [-0.25, -0.2) is 0 Å². The third kappa shape index (κ3) is 10.2. The molecule has 0 bridgehead atoms. The van der Waals surface area contributed by atoms with Gasteiger partial charge < -0.3 is 0 Å². The minimum Gasteiger partial charge on any atom is -0.0883 e. The fourth-order valence-electron chi connectivity index (χ4n) is 1.22. The molecule has 0 rings (SSSR count). The topological polar surface area (TPSA) is 0 Å². The van der Waals surface area contributed by atoms with Crippen LogP contribution in [-0.2, 0) is 0 Å². The molecule has 0 aliphatic heterocycles. The van der Waals surface area contributed by atoms with Crippen molar-refractivity contribution in [1.82, 2.24) is 0 Å². The zero-order valence-electron chi connectivity index (χ0n) is 8.19. The predicted molar refractivity (Wildman–Crippen MR) is 60.9 cm³/mol. The number of unbranched alkanes of at least 4 members (excludes halogenated alkanes) is 6. The fraction of sp³-hybridized carbons (Fsp3) is 0.818. The molecular formula is C11H21Br. The Balaban J connectivity index is 2.86. The molecule has 72 valence electrons. The average Bonchev–Trinajstić information content (AvgIpc) is 2.10. The molecule has 0 fully saturated rings. The summed E-state index contributed by atoms with van der Waals surface area (Å²) in [6.07, 6.45) is 14.1. The van der Waals surface area contributed by atoms with Crippen LogP contribution in [-0.4, -0.2) is 5.33 Å². The molecule has 0 aromatic carbocycles. The van der Waals surface area contributed by atoms with E-state index in [1.54, 1.807) is 0 Å². The average molecular weight is 233 g/mol. The van der Waals surface area contributed by atoms with Gasteiger partial charge in [0.25, 0.3) is 0 Å². The van der Waals surface area contributed by atoms with Crippen LogP contribution in [0.25, 0.3) is 0 Å². The second kappa shape index (κ2) is 11.2. The summed E-state index contributed by atoms with van der Waals surface area (Å²) >= 11 is 3.37. The van der Waals surface area contributed by atoms with Crippen molar-refractivity contribution in [3.63, 3.8) is 0 Å². The molecule has 0 aliphatic rings. The van der Waals surface area contributed by atoms with Crippen LogP contribution in [0.1, 0.15) is 51.9 Å². The van der Waals surface area contributed by atoms with Gasteiger partial charge in [-0.05, 0) is 12.8 Å². The molecule has 0 aromatic rings. The first-order chi connectivity index (χ1) is 5.91. The highest BCUT2D eigenvalue weighted by Gasteiger charge is 1.87. The molecule has 0 spiro atoms. The highest BCUT2D eigenvalue weighted by molar-refractivity contribution is 9.09. The van der Waals surface area contributed by atoms with Crippen LogP contribution in [0.4, 0.5) is 0 Å². The Hall–Kier alpha value is 0.220. The highest BCUT2D eigenvalue weighted by atomic mass is 79.9. The number of hydrogen-bond donors (Lipinski definition) is 0. The summed E-state index contributed by atoms with van der Waals surface area (Å²) < 4.78 is 0. The van der Waals surface area contributed by atoms with Crippen LogP contribution >= 0.6 is 15.9 Å². The van der Waals surface area contributed by atoms with Crippen molar-refractivity contribution in [2.24, 2.45) is 0 Å². The fourth-order valence-corrected chi connectivity index (χ4v) is 1.49. The quantitative estimate of drug-likeness (QED) is 0.324. The van der Waals surface area contributed by atoms with Crippen molar-refractivity contribution in [1.29, 1.82) is 0 Å². The third-order valence-corrected chi connectivity index (χ3v) is 2.35. The molecule has 0 saturated heterocycles. The van der Waals surface area contributed by atoms with Gasteiger partial charge in [0.15, 0.2) is 0 Å². The maximum absolute atomic E-state index is 3.37. The lowest BCUT2D eigenvalue weighted by molar-refractivity contribution is 0.611. The Morgan fingerprint density at radius 2 is 1.58 bits per heavy atom. The first-order valence-electron chi connectivity index (χ1n) is 5.12. The van der Waals surface area contributed by atoms with Gasteiger partial charge in [-0.15, -0.1) is 0 Å². The first kappa shape index (κ1) is 12.2. The van der Waals surface area contributed by atoms with Crippen molar-refractivity contribution in [3.8, 4) is 0 Å². The standard InChI is InChI=1S/C11H21Br/c1-2-3-4-5-6-7-8-9-10-11-12/h9-10H,2-8,11H2,1H3/b10-9+. The van der Waals surface area contributed by atoms with Crippen molar-refractivity contribution in [2.75, 3.05) is 5.33 Å². The van der Waals surface area contributed by atoms with E-state index in [-0.39, 0.29) is 0 Å². The molecule has 0 radical (unpaired) electrons. The molecule has 0 amide bonds. The molecule has 0 heterocycles. The van der Waals surface area contributed by atoms with E-state index in [1.807, 2.05) is 0 Å². The van der Waals surface area contributed by atoms with E-state index in [0.29, 0.717) is 0 Å². The summed E-state index contributed by atoms with van der Waals surface area (Å²) in [5.41, 5.74) is 0. The van der Waals surface area contributed by atoms with Gasteiger partial charge in [-0.3, -0.25) is 0 Å². The lowest BCUT2D eigenvalue weighted by Gasteiger charge is -1.97. The van der Waals surface area contributed by atoms with Crippen molar-refractivity contribution in [3.05, 3.63) is 12.2 Å². The maximum atomic E-state index is 3.37. The molecule has 0 N–H and O–H groups in total. The lowest BCUT2D eigenvalue weighted by Crippen LogP contribution is -1.77. The maximum Gasteiger partial charge on any atom is 0.0212 e. The summed E-state index contributed by atoms with van der Waals surface area (Å²) in [6, 6.07) is 0. The van der Waals surface area contributed by atoms with Gasteiger partial charge in [0.1, 0.15) is 0 Å². The Bertz CT molecular complexity index is 97.2. The number of allylic oxidation sites excluding steroid dienone is 2. The second-order valence-corrected chi connectivity index (χ2v) is 3.83. The minimum absolute atomic E-state index is 1.00. The first-order valence-corrected chi connectivity index (χ1v) is 6.25. The smallest absolute Gasteiger partial charge is 0.0212 e. The summed E-state index contributed by atoms with van der Waals surface area (Å²) in [5.74, 6) is 0. The number of halogens is 1. The molecule has 0 atom stereocenters. The molecule has 0 nitrogen and oxygen atoms in total. The third-order valence-electron chi connectivity index (χ3n) is 1.98. The molecule has 0 unspecified atom stereocenters. The Kier molecular flexibility index (Phi) is 11.4. The Labute approximate surface area is 85.6 Å². The van der Waals surface area contributed by atoms with E-state index in [9.17, 15) is 0 Å². The van der Waals surface area contributed by atoms with Gasteiger partial charge in [-0.1, -0.05) is 67.1 Å². The van der Waals surface area contributed by atoms with Crippen LogP contribution in [0, 0.1) is 0 Å². The van der Waals surface area contributed by atoms with Crippen molar-refractivity contribution in [2.45, 2.75) is 51.9 Å². The summed E-state index contributed by atoms with van der Waals surface area (Å²) in [5, 5.41) is 1.00. The van der Waals surface area contributed by atoms with E-state index < -0.39 is 0 Å². The molecule has 12 heavy (non-hydrogen) atoms. The minimum atomic E-state index is 1.00. The van der Waals surface area contributed by atoms with E-state index >= 15 is 0 Å². The molecule has 1 heteroatoms. The second-order valence-electron chi connectivity index (χ2n) is 3.18. The van der Waals surface area contributed by atoms with Gasteiger partial charge >= 0.3 is 0 Å². The SMILES string of the molecule is CCCCCCCC/C=C/CBr. The Morgan fingerprint density at radius 3 is 2.25 bits per heavy atom. The monoisotopic (exact) mass is 232 g/mol. The van der Waals surface area contributed by atoms with Gasteiger partial charge in [0.2, 0.25) is 0 Å². The van der Waals surface area contributed by atoms with Crippen LogP contribution < -0.4 is 0 Å². The lowest BCUT2D eigenvalue weighted by atomic mass is 10.1. The van der Waals surface area contributed by atoms with Crippen LogP contribution in [0.5, 0.6) is 0 Å². The van der Waals surface area contributed by atoms with Crippen molar-refractivity contribution < 1.29 is 0 Å². The molecular weight excluding hydrogens is 212 g/mol. The normalized spacial score (nSPS) is 11.2. The van der Waals surface area contributed by atoms with Gasteiger partial charge in [-0.2, -0.15) is 0 Å². The highest BCUT2D eigenvalue weighted by Crippen LogP contribution is 2.07. The van der Waals surface area contributed by atoms with E-state index in [4.69, 9.17) is 0 Å². The number of alkyl halides is 1. The molecule has 0 aromatic heterocycles. The van der Waals surface area contributed by atoms with Gasteiger partial charge in [0.05, 0.1) is 0 Å². The van der Waals surface area contributed by atoms with Crippen molar-refractivity contribution >= 4 is 15.9 Å². The predicted octanol–water partition coefficient (Wildman–Crippen LogP) is 4.69. The summed E-state index contributed by atoms with van der Waals surface area (Å²) in [7, 11) is 0. The number of hydrogen-bond acceptors (Lipinski definition) is 0. The Morgan fingerprint density at radius 1 is 0.917 bits per heavy atom. The van der Waals surface area contributed by atoms with E-state index in [1.165, 1.54) is 44.9 Å². The largest absolute Gasteiger partial charge is 0.0883 e. The zero-order valence-corrected chi connectivity index (χ0v) is 9.78. The number of rotatable bonds is 8. The van der Waals surface area contributed by atoms with Crippen LogP contribution in [0.2, 0.25) is 0 Å². The van der Waals surface area contributed by atoms with Crippen LogP contribution in [0.3, 0.4) is 0 Å². The summed E-state index contributed by atoms with van der Waals surface area (Å²) in [6.45, 7) is 2.26. The zero-order chi connectivity index (χ0) is 9.07. The molecule has 0 aliphatic carbocycles. The van der Waals surface area contributed by atoms with Crippen LogP contribution in [0.15, 0.2) is 12.2 Å². The van der Waals surface area contributed by atoms with Gasteiger partial charge in [0, 0.05) is 5.33 Å².